The number of hydrogen-bond donors (Lipinski definition) is 2. The molecular formula is C11H8O3Zn. The molecule has 0 unspecified atom stereocenters. The molecule has 0 fully saturated rings. The molecule has 0 saturated carbocycles. The number of carbonyl (C=O) groups is 1. The van der Waals surface area contributed by atoms with E-state index in [1.807, 2.05) is 12.1 Å². The molecule has 0 spiro atoms. The Hall–Kier alpha value is -1.41. The van der Waals surface area contributed by atoms with Gasteiger partial charge in [0.1, 0.15) is 11.3 Å². The molecular weight excluding hydrogens is 246 g/mol. The van der Waals surface area contributed by atoms with Crippen LogP contribution in [0.2, 0.25) is 0 Å². The summed E-state index contributed by atoms with van der Waals surface area (Å²) in [5.41, 5.74) is -0.0660. The second-order valence-corrected chi connectivity index (χ2v) is 2.99. The number of aromatic hydroxyl groups is 1. The first-order chi connectivity index (χ1) is 6.70. The van der Waals surface area contributed by atoms with Crippen molar-refractivity contribution in [2.24, 2.45) is 0 Å². The van der Waals surface area contributed by atoms with Gasteiger partial charge in [0.15, 0.2) is 0 Å². The van der Waals surface area contributed by atoms with Crippen LogP contribution in [-0.4, -0.2) is 16.2 Å². The summed E-state index contributed by atoms with van der Waals surface area (Å²) in [4.78, 5) is 10.7. The van der Waals surface area contributed by atoms with Crippen molar-refractivity contribution in [3.8, 4) is 5.75 Å². The summed E-state index contributed by atoms with van der Waals surface area (Å²) < 4.78 is 0. The summed E-state index contributed by atoms with van der Waals surface area (Å²) in [5, 5.41) is 19.8. The maximum absolute atomic E-state index is 10.7. The molecule has 2 aromatic carbocycles. The van der Waals surface area contributed by atoms with Crippen molar-refractivity contribution in [1.82, 2.24) is 0 Å². The van der Waals surface area contributed by atoms with E-state index < -0.39 is 5.97 Å². The van der Waals surface area contributed by atoms with Gasteiger partial charge in [0.05, 0.1) is 0 Å². The SMILES string of the molecule is O=C(O)c1ccc2ccccc2c1O.[Zn]. The summed E-state index contributed by atoms with van der Waals surface area (Å²) in [5.74, 6) is -1.29. The largest absolute Gasteiger partial charge is 0.506 e. The summed E-state index contributed by atoms with van der Waals surface area (Å²) in [6.45, 7) is 0. The number of phenols is 1. The first-order valence-corrected chi connectivity index (χ1v) is 4.14. The number of fused-ring (bicyclic) bond motifs is 1. The van der Waals surface area contributed by atoms with Crippen LogP contribution in [0.15, 0.2) is 36.4 Å². The summed E-state index contributed by atoms with van der Waals surface area (Å²) in [6, 6.07) is 10.2. The van der Waals surface area contributed by atoms with Gasteiger partial charge in [-0.05, 0) is 11.5 Å². The third-order valence-electron chi connectivity index (χ3n) is 2.13. The summed E-state index contributed by atoms with van der Waals surface area (Å²) >= 11 is 0. The van der Waals surface area contributed by atoms with Crippen molar-refractivity contribution in [3.63, 3.8) is 0 Å². The fourth-order valence-corrected chi connectivity index (χ4v) is 1.43. The molecule has 0 aromatic heterocycles. The molecule has 2 N–H and O–H groups in total. The molecule has 0 amide bonds. The van der Waals surface area contributed by atoms with E-state index in [-0.39, 0.29) is 30.8 Å². The second kappa shape index (κ2) is 4.41. The molecule has 4 heteroatoms. The number of carboxylic acid groups (broad SMARTS) is 1. The number of rotatable bonds is 1. The third-order valence-corrected chi connectivity index (χ3v) is 2.13. The van der Waals surface area contributed by atoms with Crippen molar-refractivity contribution < 1.29 is 34.5 Å². The van der Waals surface area contributed by atoms with Crippen molar-refractivity contribution in [3.05, 3.63) is 42.0 Å². The quantitative estimate of drug-likeness (QED) is 0.767. The van der Waals surface area contributed by atoms with Gasteiger partial charge in [0.2, 0.25) is 0 Å². The van der Waals surface area contributed by atoms with Crippen LogP contribution in [-0.2, 0) is 19.5 Å². The minimum Gasteiger partial charge on any atom is -0.506 e. The predicted molar refractivity (Wildman–Crippen MR) is 52.6 cm³/mol. The Bertz CT molecular complexity index is 508. The van der Waals surface area contributed by atoms with E-state index in [2.05, 4.69) is 0 Å². The van der Waals surface area contributed by atoms with E-state index >= 15 is 0 Å². The van der Waals surface area contributed by atoms with Crippen molar-refractivity contribution in [2.75, 3.05) is 0 Å². The van der Waals surface area contributed by atoms with E-state index in [0.717, 1.165) is 5.39 Å². The molecule has 0 aliphatic rings. The van der Waals surface area contributed by atoms with Crippen LogP contribution in [0.1, 0.15) is 10.4 Å². The van der Waals surface area contributed by atoms with Gasteiger partial charge in [0, 0.05) is 24.9 Å². The van der Waals surface area contributed by atoms with Gasteiger partial charge in [-0.3, -0.25) is 0 Å². The number of aromatic carboxylic acids is 1. The number of carboxylic acids is 1. The first kappa shape index (κ1) is 11.7. The standard InChI is InChI=1S/C11H8O3.Zn/c12-10-8-4-2-1-3-7(8)5-6-9(10)11(13)14;/h1-6,12H,(H,13,14);. The van der Waals surface area contributed by atoms with Crippen molar-refractivity contribution in [2.45, 2.75) is 0 Å². The predicted octanol–water partition coefficient (Wildman–Crippen LogP) is 2.24. The average molecular weight is 254 g/mol. The monoisotopic (exact) mass is 252 g/mol. The molecule has 0 saturated heterocycles. The average Bonchev–Trinajstić information content (AvgIpc) is 2.18. The first-order valence-electron chi connectivity index (χ1n) is 4.14. The van der Waals surface area contributed by atoms with E-state index in [4.69, 9.17) is 5.11 Å². The van der Waals surface area contributed by atoms with Crippen LogP contribution in [0, 0.1) is 0 Å². The molecule has 0 atom stereocenters. The van der Waals surface area contributed by atoms with Gasteiger partial charge >= 0.3 is 5.97 Å². The number of benzene rings is 2. The zero-order valence-electron chi connectivity index (χ0n) is 7.97. The molecule has 0 radical (unpaired) electrons. The summed E-state index contributed by atoms with van der Waals surface area (Å²) in [6.07, 6.45) is 0. The molecule has 0 heterocycles. The van der Waals surface area contributed by atoms with Gasteiger partial charge in [-0.1, -0.05) is 30.3 Å². The Morgan fingerprint density at radius 1 is 1.07 bits per heavy atom. The zero-order valence-corrected chi connectivity index (χ0v) is 10.9. The van der Waals surface area contributed by atoms with Crippen LogP contribution < -0.4 is 0 Å². The minimum absolute atomic E-state index is 0. The Morgan fingerprint density at radius 2 is 1.73 bits per heavy atom. The molecule has 2 aromatic rings. The van der Waals surface area contributed by atoms with Gasteiger partial charge in [-0.25, -0.2) is 4.79 Å². The molecule has 0 aliphatic heterocycles. The van der Waals surface area contributed by atoms with E-state index in [9.17, 15) is 9.90 Å². The van der Waals surface area contributed by atoms with Crippen LogP contribution in [0.4, 0.5) is 0 Å². The maximum atomic E-state index is 10.7. The van der Waals surface area contributed by atoms with Crippen LogP contribution in [0.5, 0.6) is 5.75 Å². The molecule has 72 valence electrons. The van der Waals surface area contributed by atoms with Gasteiger partial charge in [-0.15, -0.1) is 0 Å². The van der Waals surface area contributed by atoms with E-state index in [1.54, 1.807) is 18.2 Å². The molecule has 0 bridgehead atoms. The fraction of sp³-hybridized carbons (Fsp3) is 0. The Morgan fingerprint density at radius 3 is 2.40 bits per heavy atom. The van der Waals surface area contributed by atoms with Crippen LogP contribution in [0.25, 0.3) is 10.8 Å². The van der Waals surface area contributed by atoms with Gasteiger partial charge in [-0.2, -0.15) is 0 Å². The second-order valence-electron chi connectivity index (χ2n) is 2.99. The fourth-order valence-electron chi connectivity index (χ4n) is 1.43. The third kappa shape index (κ3) is 2.00. The van der Waals surface area contributed by atoms with E-state index in [1.165, 1.54) is 6.07 Å². The Labute approximate surface area is 99.1 Å². The van der Waals surface area contributed by atoms with Crippen molar-refractivity contribution >= 4 is 16.7 Å². The van der Waals surface area contributed by atoms with Gasteiger partial charge < -0.3 is 10.2 Å². The van der Waals surface area contributed by atoms with Gasteiger partial charge in [0.25, 0.3) is 0 Å². The summed E-state index contributed by atoms with van der Waals surface area (Å²) in [7, 11) is 0. The Kier molecular flexibility index (Phi) is 3.43. The normalized spacial score (nSPS) is 9.60. The zero-order chi connectivity index (χ0) is 10.1. The van der Waals surface area contributed by atoms with Crippen LogP contribution >= 0.6 is 0 Å². The smallest absolute Gasteiger partial charge is 0.339 e. The Balaban J connectivity index is 0.00000112. The van der Waals surface area contributed by atoms with E-state index in [0.29, 0.717) is 5.39 Å². The molecule has 3 nitrogen and oxygen atoms in total. The maximum Gasteiger partial charge on any atom is 0.339 e. The van der Waals surface area contributed by atoms with Crippen molar-refractivity contribution in [1.29, 1.82) is 0 Å². The number of hydrogen-bond acceptors (Lipinski definition) is 2. The topological polar surface area (TPSA) is 57.5 Å². The minimum atomic E-state index is -1.12. The molecule has 15 heavy (non-hydrogen) atoms. The molecule has 0 aliphatic carbocycles. The molecule has 2 rings (SSSR count). The van der Waals surface area contributed by atoms with Crippen LogP contribution in [0.3, 0.4) is 0 Å².